The molecule has 1 aliphatic heterocycles. The lowest BCUT2D eigenvalue weighted by atomic mass is 10.1. The predicted octanol–water partition coefficient (Wildman–Crippen LogP) is 2.73. The number of aromatic hydroxyl groups is 1. The van der Waals surface area contributed by atoms with Gasteiger partial charge in [-0.05, 0) is 43.2 Å². The summed E-state index contributed by atoms with van der Waals surface area (Å²) in [7, 11) is 1.68. The Morgan fingerprint density at radius 3 is 2.43 bits per heavy atom. The number of phenolic OH excluding ortho intramolecular Hbond substituents is 1. The number of para-hydroxylation sites is 2. The molecule has 1 heterocycles. The van der Waals surface area contributed by atoms with Gasteiger partial charge in [-0.1, -0.05) is 24.3 Å². The molecule has 2 aromatic rings. The summed E-state index contributed by atoms with van der Waals surface area (Å²) in [4.78, 5) is 9.35. The van der Waals surface area contributed by atoms with Crippen molar-refractivity contribution < 1.29 is 9.84 Å². The Kier molecular flexibility index (Phi) is 7.00. The molecule has 1 aliphatic rings. The zero-order valence-corrected chi connectivity index (χ0v) is 16.8. The first kappa shape index (κ1) is 19.9. The molecule has 0 amide bonds. The number of benzene rings is 2. The monoisotopic (exact) mass is 382 g/mol. The average molecular weight is 383 g/mol. The highest BCUT2D eigenvalue weighted by Gasteiger charge is 2.21. The van der Waals surface area contributed by atoms with E-state index in [1.165, 1.54) is 5.56 Å². The van der Waals surface area contributed by atoms with Gasteiger partial charge in [-0.25, -0.2) is 0 Å². The van der Waals surface area contributed by atoms with Crippen LogP contribution in [0.5, 0.6) is 11.5 Å². The molecule has 2 N–H and O–H groups in total. The number of rotatable bonds is 6. The summed E-state index contributed by atoms with van der Waals surface area (Å²) >= 11 is 0. The third-order valence-corrected chi connectivity index (χ3v) is 4.96. The van der Waals surface area contributed by atoms with Crippen molar-refractivity contribution in [1.29, 1.82) is 0 Å². The van der Waals surface area contributed by atoms with Crippen LogP contribution in [0.1, 0.15) is 12.5 Å². The number of anilines is 1. The highest BCUT2D eigenvalue weighted by atomic mass is 16.5. The van der Waals surface area contributed by atoms with Crippen molar-refractivity contribution in [3.8, 4) is 11.5 Å². The second kappa shape index (κ2) is 9.88. The highest BCUT2D eigenvalue weighted by molar-refractivity contribution is 5.80. The maximum atomic E-state index is 10.1. The van der Waals surface area contributed by atoms with E-state index in [4.69, 9.17) is 9.73 Å². The highest BCUT2D eigenvalue weighted by Crippen LogP contribution is 2.27. The first-order valence-electron chi connectivity index (χ1n) is 9.90. The van der Waals surface area contributed by atoms with Crippen LogP contribution < -0.4 is 15.0 Å². The quantitative estimate of drug-likeness (QED) is 0.594. The zero-order chi connectivity index (χ0) is 19.8. The molecule has 0 spiro atoms. The predicted molar refractivity (Wildman–Crippen MR) is 115 cm³/mol. The minimum Gasteiger partial charge on any atom is -0.506 e. The lowest BCUT2D eigenvalue weighted by molar-refractivity contribution is 0.370. The molecule has 0 radical (unpaired) electrons. The number of phenols is 1. The minimum absolute atomic E-state index is 0.344. The van der Waals surface area contributed by atoms with Gasteiger partial charge in [0.2, 0.25) is 0 Å². The molecule has 0 atom stereocenters. The van der Waals surface area contributed by atoms with Gasteiger partial charge in [0.05, 0.1) is 12.8 Å². The summed E-state index contributed by atoms with van der Waals surface area (Å²) in [6.07, 6.45) is 0.900. The summed E-state index contributed by atoms with van der Waals surface area (Å²) in [5, 5.41) is 13.5. The molecular formula is C22H30N4O2. The van der Waals surface area contributed by atoms with Gasteiger partial charge >= 0.3 is 0 Å². The fourth-order valence-corrected chi connectivity index (χ4v) is 3.40. The molecule has 6 heteroatoms. The standard InChI is InChI=1S/C22H30N4O2/c1-3-23-22(24-13-12-18-8-10-19(28-2)11-9-18)26-16-14-25(15-17-26)20-6-4-5-7-21(20)27/h4-11,27H,3,12-17H2,1-2H3,(H,23,24). The molecule has 0 aliphatic carbocycles. The van der Waals surface area contributed by atoms with Crippen molar-refractivity contribution in [1.82, 2.24) is 10.2 Å². The van der Waals surface area contributed by atoms with Crippen LogP contribution in [0.15, 0.2) is 53.5 Å². The van der Waals surface area contributed by atoms with Crippen molar-refractivity contribution >= 4 is 11.6 Å². The smallest absolute Gasteiger partial charge is 0.194 e. The van der Waals surface area contributed by atoms with Gasteiger partial charge < -0.3 is 25.0 Å². The Labute approximate surface area is 167 Å². The van der Waals surface area contributed by atoms with E-state index in [9.17, 15) is 5.11 Å². The van der Waals surface area contributed by atoms with Gasteiger partial charge in [-0.3, -0.25) is 4.99 Å². The third kappa shape index (κ3) is 5.09. The van der Waals surface area contributed by atoms with E-state index >= 15 is 0 Å². The summed E-state index contributed by atoms with van der Waals surface area (Å²) in [6, 6.07) is 15.7. The maximum Gasteiger partial charge on any atom is 0.194 e. The van der Waals surface area contributed by atoms with E-state index < -0.39 is 0 Å². The van der Waals surface area contributed by atoms with Crippen molar-refractivity contribution in [2.75, 3.05) is 51.3 Å². The number of guanidine groups is 1. The zero-order valence-electron chi connectivity index (χ0n) is 16.8. The third-order valence-electron chi connectivity index (χ3n) is 4.96. The minimum atomic E-state index is 0.344. The Balaban J connectivity index is 1.56. The van der Waals surface area contributed by atoms with Crippen molar-refractivity contribution in [3.05, 3.63) is 54.1 Å². The summed E-state index contributed by atoms with van der Waals surface area (Å²) in [5.41, 5.74) is 2.16. The first-order chi connectivity index (χ1) is 13.7. The maximum absolute atomic E-state index is 10.1. The van der Waals surface area contributed by atoms with Gasteiger partial charge in [0.25, 0.3) is 0 Å². The van der Waals surface area contributed by atoms with Crippen LogP contribution in [0.2, 0.25) is 0 Å². The molecule has 0 aromatic heterocycles. The molecule has 0 unspecified atom stereocenters. The van der Waals surface area contributed by atoms with Crippen molar-refractivity contribution in [3.63, 3.8) is 0 Å². The Hall–Kier alpha value is -2.89. The number of nitrogens with zero attached hydrogens (tertiary/aromatic N) is 3. The molecule has 150 valence electrons. The van der Waals surface area contributed by atoms with E-state index in [1.54, 1.807) is 13.2 Å². The van der Waals surface area contributed by atoms with E-state index in [0.29, 0.717) is 5.75 Å². The molecule has 6 nitrogen and oxygen atoms in total. The molecule has 3 rings (SSSR count). The SMILES string of the molecule is CCNC(=NCCc1ccc(OC)cc1)N1CCN(c2ccccc2O)CC1. The van der Waals surface area contributed by atoms with Gasteiger partial charge in [-0.2, -0.15) is 0 Å². The fraction of sp³-hybridized carbons (Fsp3) is 0.409. The van der Waals surface area contributed by atoms with Crippen molar-refractivity contribution in [2.45, 2.75) is 13.3 Å². The average Bonchev–Trinajstić information content (AvgIpc) is 2.74. The summed E-state index contributed by atoms with van der Waals surface area (Å²) < 4.78 is 5.21. The number of aliphatic imine (C=N–C) groups is 1. The molecule has 0 bridgehead atoms. The van der Waals surface area contributed by atoms with Crippen LogP contribution in [0.3, 0.4) is 0 Å². The fourth-order valence-electron chi connectivity index (χ4n) is 3.40. The van der Waals surface area contributed by atoms with Crippen LogP contribution >= 0.6 is 0 Å². The number of methoxy groups -OCH3 is 1. The Morgan fingerprint density at radius 1 is 1.07 bits per heavy atom. The number of piperazine rings is 1. The van der Waals surface area contributed by atoms with Gasteiger partial charge in [-0.15, -0.1) is 0 Å². The van der Waals surface area contributed by atoms with E-state index in [2.05, 4.69) is 34.2 Å². The Bertz CT molecular complexity index is 768. The van der Waals surface area contributed by atoms with Crippen LogP contribution in [0.4, 0.5) is 5.69 Å². The van der Waals surface area contributed by atoms with Crippen molar-refractivity contribution in [2.24, 2.45) is 4.99 Å². The molecule has 2 aromatic carbocycles. The topological polar surface area (TPSA) is 60.3 Å². The normalized spacial score (nSPS) is 14.9. The lowest BCUT2D eigenvalue weighted by Crippen LogP contribution is -2.52. The first-order valence-corrected chi connectivity index (χ1v) is 9.90. The van der Waals surface area contributed by atoms with E-state index in [1.807, 2.05) is 30.3 Å². The molecular weight excluding hydrogens is 352 g/mol. The van der Waals surface area contributed by atoms with Crippen LogP contribution in [-0.2, 0) is 6.42 Å². The second-order valence-corrected chi connectivity index (χ2v) is 6.80. The van der Waals surface area contributed by atoms with Gasteiger partial charge in [0, 0.05) is 39.3 Å². The molecule has 1 saturated heterocycles. The van der Waals surface area contributed by atoms with Crippen LogP contribution in [0, 0.1) is 0 Å². The molecule has 0 saturated carbocycles. The van der Waals surface area contributed by atoms with E-state index in [-0.39, 0.29) is 0 Å². The molecule has 28 heavy (non-hydrogen) atoms. The lowest BCUT2D eigenvalue weighted by Gasteiger charge is -2.37. The number of ether oxygens (including phenoxy) is 1. The summed E-state index contributed by atoms with van der Waals surface area (Å²) in [5.74, 6) is 2.19. The number of hydrogen-bond acceptors (Lipinski definition) is 4. The van der Waals surface area contributed by atoms with Crippen LogP contribution in [0.25, 0.3) is 0 Å². The Morgan fingerprint density at radius 2 is 1.79 bits per heavy atom. The van der Waals surface area contributed by atoms with Gasteiger partial charge in [0.15, 0.2) is 5.96 Å². The second-order valence-electron chi connectivity index (χ2n) is 6.80. The number of hydrogen-bond donors (Lipinski definition) is 2. The largest absolute Gasteiger partial charge is 0.506 e. The summed E-state index contributed by atoms with van der Waals surface area (Å²) in [6.45, 7) is 7.17. The van der Waals surface area contributed by atoms with Gasteiger partial charge in [0.1, 0.15) is 11.5 Å². The van der Waals surface area contributed by atoms with Crippen LogP contribution in [-0.4, -0.2) is 62.3 Å². The molecule has 1 fully saturated rings. The van der Waals surface area contributed by atoms with E-state index in [0.717, 1.165) is 63.1 Å². The number of nitrogens with one attached hydrogen (secondary N) is 1.